The molecule has 0 heterocycles. The lowest BCUT2D eigenvalue weighted by Crippen LogP contribution is -2.53. The van der Waals surface area contributed by atoms with Gasteiger partial charge in [-0.2, -0.15) is 0 Å². The first-order chi connectivity index (χ1) is 12.9. The number of hydrogen-bond acceptors (Lipinski definition) is 3. The third kappa shape index (κ3) is 3.83. The monoisotopic (exact) mass is 368 g/mol. The van der Waals surface area contributed by atoms with E-state index in [0.29, 0.717) is 11.6 Å². The smallest absolute Gasteiger partial charge is 0.334 e. The Balaban J connectivity index is 1.86. The van der Waals surface area contributed by atoms with Crippen molar-refractivity contribution in [3.8, 4) is 0 Å². The number of rotatable bonds is 6. The lowest BCUT2D eigenvalue weighted by Gasteiger charge is -2.37. The van der Waals surface area contributed by atoms with Gasteiger partial charge in [-0.25, -0.2) is 4.79 Å². The normalized spacial score (nSPS) is 17.4. The number of hydrogen-bond donors (Lipinski definition) is 2. The highest BCUT2D eigenvalue weighted by atomic mass is 16.4. The van der Waals surface area contributed by atoms with E-state index in [-0.39, 0.29) is 12.5 Å². The molecule has 2 aromatic carbocycles. The van der Waals surface area contributed by atoms with Crippen LogP contribution in [0.4, 0.5) is 0 Å². The van der Waals surface area contributed by atoms with E-state index in [0.717, 1.165) is 23.6 Å². The van der Waals surface area contributed by atoms with Gasteiger partial charge < -0.3 is 15.3 Å². The second kappa shape index (κ2) is 8.09. The Bertz CT molecular complexity index is 824. The maximum absolute atomic E-state index is 12.8. The first-order valence-electron chi connectivity index (χ1n) is 9.66. The molecular formula is C22H28N2O3. The largest absolute Gasteiger partial charge is 0.479 e. The lowest BCUT2D eigenvalue weighted by molar-refractivity contribution is -0.157. The number of nitrogens with zero attached hydrogens (tertiary/aromatic N) is 1. The van der Waals surface area contributed by atoms with Crippen LogP contribution in [0, 0.1) is 0 Å². The molecule has 3 rings (SSSR count). The van der Waals surface area contributed by atoms with Crippen molar-refractivity contribution < 1.29 is 14.7 Å². The molecule has 0 saturated heterocycles. The van der Waals surface area contributed by atoms with Gasteiger partial charge in [-0.05, 0) is 36.1 Å². The van der Waals surface area contributed by atoms with Crippen molar-refractivity contribution in [3.63, 3.8) is 0 Å². The van der Waals surface area contributed by atoms with Gasteiger partial charge in [0.2, 0.25) is 5.91 Å². The standard InChI is InChI=1S/C22H28N2O3/c1-22(21(26)27,19-14-8-10-16-9-6-7-13-18(16)19)24(2)20(25)15-23-17-11-4-3-5-12-17/h6-10,13-14,17,23H,3-5,11-12,15H2,1-2H3,(H,26,27)/t22-/m1/s1. The molecule has 0 unspecified atom stereocenters. The molecule has 1 fully saturated rings. The van der Waals surface area contributed by atoms with Crippen molar-refractivity contribution in [2.45, 2.75) is 50.6 Å². The minimum Gasteiger partial charge on any atom is -0.479 e. The molecule has 5 heteroatoms. The average molecular weight is 368 g/mol. The second-order valence-corrected chi connectivity index (χ2v) is 7.57. The highest BCUT2D eigenvalue weighted by Crippen LogP contribution is 2.33. The van der Waals surface area contributed by atoms with Crippen LogP contribution in [-0.2, 0) is 15.1 Å². The molecule has 0 radical (unpaired) electrons. The number of carbonyl (C=O) groups excluding carboxylic acids is 1. The number of carboxylic acid groups (broad SMARTS) is 1. The van der Waals surface area contributed by atoms with Crippen LogP contribution in [0.15, 0.2) is 42.5 Å². The summed E-state index contributed by atoms with van der Waals surface area (Å²) in [5.74, 6) is -1.24. The summed E-state index contributed by atoms with van der Waals surface area (Å²) in [4.78, 5) is 26.5. The summed E-state index contributed by atoms with van der Waals surface area (Å²) in [5, 5.41) is 15.2. The quantitative estimate of drug-likeness (QED) is 0.818. The predicted octanol–water partition coefficient (Wildman–Crippen LogP) is 3.52. The van der Waals surface area contributed by atoms with Crippen LogP contribution in [0.5, 0.6) is 0 Å². The Morgan fingerprint density at radius 1 is 1.11 bits per heavy atom. The predicted molar refractivity (Wildman–Crippen MR) is 107 cm³/mol. The summed E-state index contributed by atoms with van der Waals surface area (Å²) in [6.45, 7) is 1.77. The van der Waals surface area contributed by atoms with Crippen molar-refractivity contribution in [3.05, 3.63) is 48.0 Å². The van der Waals surface area contributed by atoms with Crippen molar-refractivity contribution in [1.29, 1.82) is 0 Å². The molecule has 2 aromatic rings. The molecule has 5 nitrogen and oxygen atoms in total. The van der Waals surface area contributed by atoms with Crippen LogP contribution in [0.3, 0.4) is 0 Å². The zero-order chi connectivity index (χ0) is 19.4. The van der Waals surface area contributed by atoms with Crippen molar-refractivity contribution in [2.24, 2.45) is 0 Å². The molecule has 1 aliphatic carbocycles. The molecular weight excluding hydrogens is 340 g/mol. The van der Waals surface area contributed by atoms with Crippen LogP contribution < -0.4 is 5.32 Å². The van der Waals surface area contributed by atoms with E-state index < -0.39 is 11.5 Å². The minimum absolute atomic E-state index is 0.162. The molecule has 27 heavy (non-hydrogen) atoms. The van der Waals surface area contributed by atoms with E-state index >= 15 is 0 Å². The Morgan fingerprint density at radius 2 is 1.78 bits per heavy atom. The van der Waals surface area contributed by atoms with E-state index in [2.05, 4.69) is 5.32 Å². The van der Waals surface area contributed by atoms with Crippen LogP contribution in [0.25, 0.3) is 10.8 Å². The molecule has 0 aliphatic heterocycles. The molecule has 1 atom stereocenters. The molecule has 144 valence electrons. The first-order valence-corrected chi connectivity index (χ1v) is 9.66. The second-order valence-electron chi connectivity index (χ2n) is 7.57. The number of likely N-dealkylation sites (N-methyl/N-ethyl adjacent to an activating group) is 1. The topological polar surface area (TPSA) is 69.6 Å². The Hall–Kier alpha value is -2.40. The van der Waals surface area contributed by atoms with Gasteiger partial charge in [0.15, 0.2) is 5.54 Å². The Morgan fingerprint density at radius 3 is 2.48 bits per heavy atom. The van der Waals surface area contributed by atoms with Crippen LogP contribution >= 0.6 is 0 Å². The summed E-state index contributed by atoms with van der Waals surface area (Å²) < 4.78 is 0. The molecule has 1 amide bonds. The van der Waals surface area contributed by atoms with Crippen LogP contribution in [0.2, 0.25) is 0 Å². The summed E-state index contributed by atoms with van der Waals surface area (Å²) in [7, 11) is 1.58. The zero-order valence-corrected chi connectivity index (χ0v) is 16.1. The summed E-state index contributed by atoms with van der Waals surface area (Å²) in [5.41, 5.74) is -0.812. The number of aliphatic carboxylic acids is 1. The maximum Gasteiger partial charge on any atom is 0.334 e. The Labute approximate surface area is 160 Å². The molecule has 0 aromatic heterocycles. The van der Waals surface area contributed by atoms with Gasteiger partial charge in [0, 0.05) is 13.1 Å². The highest BCUT2D eigenvalue weighted by molar-refractivity contribution is 5.95. The van der Waals surface area contributed by atoms with E-state index in [9.17, 15) is 14.7 Å². The fourth-order valence-electron chi connectivity index (χ4n) is 4.00. The third-order valence-electron chi connectivity index (χ3n) is 5.92. The van der Waals surface area contributed by atoms with Gasteiger partial charge in [0.25, 0.3) is 0 Å². The Kier molecular flexibility index (Phi) is 5.80. The van der Waals surface area contributed by atoms with Gasteiger partial charge in [-0.3, -0.25) is 4.79 Å². The van der Waals surface area contributed by atoms with Gasteiger partial charge in [-0.1, -0.05) is 61.7 Å². The summed E-state index contributed by atoms with van der Waals surface area (Å²) in [6.07, 6.45) is 5.78. The zero-order valence-electron chi connectivity index (χ0n) is 16.1. The van der Waals surface area contributed by atoms with Gasteiger partial charge in [-0.15, -0.1) is 0 Å². The van der Waals surface area contributed by atoms with E-state index in [1.165, 1.54) is 24.2 Å². The number of fused-ring (bicyclic) bond motifs is 1. The number of benzene rings is 2. The van der Waals surface area contributed by atoms with Crippen molar-refractivity contribution >= 4 is 22.6 Å². The molecule has 0 bridgehead atoms. The maximum atomic E-state index is 12.8. The molecule has 0 spiro atoms. The highest BCUT2D eigenvalue weighted by Gasteiger charge is 2.43. The van der Waals surface area contributed by atoms with E-state index in [4.69, 9.17) is 0 Å². The minimum atomic E-state index is -1.44. The van der Waals surface area contributed by atoms with Crippen molar-refractivity contribution in [2.75, 3.05) is 13.6 Å². The van der Waals surface area contributed by atoms with E-state index in [1.54, 1.807) is 20.0 Å². The number of nitrogens with one attached hydrogen (secondary N) is 1. The van der Waals surface area contributed by atoms with Gasteiger partial charge in [0.05, 0.1) is 6.54 Å². The van der Waals surface area contributed by atoms with Crippen LogP contribution in [-0.4, -0.2) is 41.5 Å². The molecule has 1 saturated carbocycles. The number of carbonyl (C=O) groups is 2. The molecule has 2 N–H and O–H groups in total. The SMILES string of the molecule is CN(C(=O)CNC1CCCCC1)[C@@](C)(C(=O)O)c1cccc2ccccc12. The van der Waals surface area contributed by atoms with E-state index in [1.807, 2.05) is 36.4 Å². The summed E-state index contributed by atoms with van der Waals surface area (Å²) >= 11 is 0. The molecule has 1 aliphatic rings. The first kappa shape index (κ1) is 19.4. The fraction of sp³-hybridized carbons (Fsp3) is 0.455. The number of carboxylic acids is 1. The fourth-order valence-corrected chi connectivity index (χ4v) is 4.00. The van der Waals surface area contributed by atoms with Crippen molar-refractivity contribution in [1.82, 2.24) is 10.2 Å². The van der Waals surface area contributed by atoms with Gasteiger partial charge in [0.1, 0.15) is 0 Å². The number of amides is 1. The van der Waals surface area contributed by atoms with Gasteiger partial charge >= 0.3 is 5.97 Å². The van der Waals surface area contributed by atoms with Crippen LogP contribution in [0.1, 0.15) is 44.6 Å². The average Bonchev–Trinajstić information content (AvgIpc) is 2.71. The lowest BCUT2D eigenvalue weighted by atomic mass is 9.86. The third-order valence-corrected chi connectivity index (χ3v) is 5.92. The summed E-state index contributed by atoms with van der Waals surface area (Å²) in [6, 6.07) is 13.6.